The number of imide groups is 1. The molecule has 0 atom stereocenters. The lowest BCUT2D eigenvalue weighted by molar-refractivity contribution is -0.138. The number of aliphatic imine (C=N–C) groups is 1. The average molecular weight is 296 g/mol. The molecule has 2 aliphatic heterocycles. The number of amides is 2. The van der Waals surface area contributed by atoms with Crippen LogP contribution in [0.3, 0.4) is 0 Å². The molecule has 2 rings (SSSR count). The molecular weight excluding hydrogens is 272 g/mol. The summed E-state index contributed by atoms with van der Waals surface area (Å²) < 4.78 is 5.20. The number of hydrogen-bond acceptors (Lipinski definition) is 6. The summed E-state index contributed by atoms with van der Waals surface area (Å²) in [7, 11) is 0. The zero-order valence-electron chi connectivity index (χ0n) is 12.9. The molecule has 0 aromatic carbocycles. The van der Waals surface area contributed by atoms with Gasteiger partial charge in [-0.1, -0.05) is 0 Å². The molecule has 1 fully saturated rings. The molecule has 7 nitrogen and oxygen atoms in total. The minimum atomic E-state index is -0.654. The zero-order valence-corrected chi connectivity index (χ0v) is 12.9. The van der Waals surface area contributed by atoms with Crippen LogP contribution in [0.4, 0.5) is 4.79 Å². The lowest BCUT2D eigenvalue weighted by atomic mass is 9.94. The molecule has 0 bridgehead atoms. The van der Waals surface area contributed by atoms with Gasteiger partial charge in [0.2, 0.25) is 5.91 Å². The van der Waals surface area contributed by atoms with Gasteiger partial charge in [-0.05, 0) is 46.7 Å². The van der Waals surface area contributed by atoms with Crippen molar-refractivity contribution in [3.8, 4) is 0 Å². The normalized spacial score (nSPS) is 19.7. The van der Waals surface area contributed by atoms with Crippen LogP contribution in [-0.2, 0) is 9.53 Å². The van der Waals surface area contributed by atoms with Crippen LogP contribution >= 0.6 is 0 Å². The van der Waals surface area contributed by atoms with Crippen molar-refractivity contribution in [2.45, 2.75) is 39.2 Å². The Morgan fingerprint density at radius 2 is 1.90 bits per heavy atom. The third-order valence-electron chi connectivity index (χ3n) is 3.59. The summed E-state index contributed by atoms with van der Waals surface area (Å²) in [6, 6.07) is 0.201. The molecule has 2 heterocycles. The van der Waals surface area contributed by atoms with Gasteiger partial charge >= 0.3 is 6.09 Å². The van der Waals surface area contributed by atoms with Crippen molar-refractivity contribution in [1.82, 2.24) is 15.5 Å². The summed E-state index contributed by atoms with van der Waals surface area (Å²) in [6.07, 6.45) is 0.842. The summed E-state index contributed by atoms with van der Waals surface area (Å²) in [5.74, 6) is -0.288. The maximum Gasteiger partial charge on any atom is 0.424 e. The van der Waals surface area contributed by atoms with Gasteiger partial charge in [0, 0.05) is 18.0 Å². The number of amidine groups is 1. The highest BCUT2D eigenvalue weighted by Gasteiger charge is 2.38. The number of carbonyl (C=O) groups excluding carboxylic acids is 2. The quantitative estimate of drug-likeness (QED) is 0.744. The van der Waals surface area contributed by atoms with Crippen LogP contribution in [0.1, 0.15) is 33.6 Å². The molecular formula is C14H24N4O3. The molecule has 0 radical (unpaired) electrons. The Morgan fingerprint density at radius 1 is 1.24 bits per heavy atom. The van der Waals surface area contributed by atoms with Crippen LogP contribution in [-0.4, -0.2) is 54.6 Å². The molecule has 118 valence electrons. The number of carbonyl (C=O) groups is 2. The van der Waals surface area contributed by atoms with Crippen molar-refractivity contribution in [2.24, 2.45) is 10.9 Å². The smallest absolute Gasteiger partial charge is 0.376 e. The van der Waals surface area contributed by atoms with Crippen molar-refractivity contribution >= 4 is 18.0 Å². The second kappa shape index (κ2) is 6.43. The van der Waals surface area contributed by atoms with Gasteiger partial charge in [0.25, 0.3) is 6.02 Å². The van der Waals surface area contributed by atoms with Crippen LogP contribution in [0.15, 0.2) is 4.99 Å². The van der Waals surface area contributed by atoms with Gasteiger partial charge in [-0.15, -0.1) is 0 Å². The Labute approximate surface area is 125 Å². The molecule has 7 heteroatoms. The van der Waals surface area contributed by atoms with E-state index in [0.717, 1.165) is 25.9 Å². The first-order valence-electron chi connectivity index (χ1n) is 7.44. The van der Waals surface area contributed by atoms with E-state index in [1.165, 1.54) is 4.90 Å². The zero-order chi connectivity index (χ0) is 15.5. The number of nitrogens with one attached hydrogen (secondary N) is 2. The number of rotatable bonds is 1. The first-order valence-corrected chi connectivity index (χ1v) is 7.44. The fourth-order valence-electron chi connectivity index (χ4n) is 2.52. The molecule has 0 spiro atoms. The Hall–Kier alpha value is -1.63. The van der Waals surface area contributed by atoms with E-state index in [2.05, 4.69) is 15.6 Å². The molecule has 2 N–H and O–H groups in total. The highest BCUT2D eigenvalue weighted by atomic mass is 16.6. The van der Waals surface area contributed by atoms with Crippen LogP contribution in [0, 0.1) is 5.92 Å². The van der Waals surface area contributed by atoms with Gasteiger partial charge < -0.3 is 15.4 Å². The summed E-state index contributed by atoms with van der Waals surface area (Å²) in [5, 5.41) is 6.09. The van der Waals surface area contributed by atoms with Crippen molar-refractivity contribution in [2.75, 3.05) is 26.2 Å². The Balaban J connectivity index is 2.09. The summed E-state index contributed by atoms with van der Waals surface area (Å²) in [6.45, 7) is 8.33. The Bertz CT molecular complexity index is 436. The lowest BCUT2D eigenvalue weighted by Crippen LogP contribution is -2.53. The molecule has 0 aromatic rings. The monoisotopic (exact) mass is 296 g/mol. The van der Waals surface area contributed by atoms with Crippen molar-refractivity contribution in [3.63, 3.8) is 0 Å². The van der Waals surface area contributed by atoms with Crippen LogP contribution in [0.2, 0.25) is 0 Å². The molecule has 0 unspecified atom stereocenters. The van der Waals surface area contributed by atoms with E-state index in [1.54, 1.807) is 0 Å². The second-order valence-corrected chi connectivity index (χ2v) is 6.35. The van der Waals surface area contributed by atoms with Gasteiger partial charge in [0.1, 0.15) is 0 Å². The maximum absolute atomic E-state index is 12.7. The largest absolute Gasteiger partial charge is 0.424 e. The number of hydrogen-bond donors (Lipinski definition) is 2. The standard InChI is InChI=1S/C14H24N4O3/c1-14(2,3)18(11(19)10-4-6-15-7-5-10)13(20)21-12-16-8-9-17-12/h10,15H,4-9H2,1-3H3,(H,16,17). The first kappa shape index (κ1) is 15.8. The highest BCUT2D eigenvalue weighted by molar-refractivity contribution is 5.98. The van der Waals surface area contributed by atoms with Gasteiger partial charge in [-0.2, -0.15) is 0 Å². The van der Waals surface area contributed by atoms with Crippen LogP contribution in [0.25, 0.3) is 0 Å². The molecule has 1 saturated heterocycles. The van der Waals surface area contributed by atoms with E-state index in [1.807, 2.05) is 20.8 Å². The Morgan fingerprint density at radius 3 is 2.43 bits per heavy atom. The predicted molar refractivity (Wildman–Crippen MR) is 79.0 cm³/mol. The number of nitrogens with zero attached hydrogens (tertiary/aromatic N) is 2. The van der Waals surface area contributed by atoms with Gasteiger partial charge in [0.05, 0.1) is 6.54 Å². The second-order valence-electron chi connectivity index (χ2n) is 6.35. The van der Waals surface area contributed by atoms with Crippen LogP contribution in [0.5, 0.6) is 0 Å². The molecule has 0 aromatic heterocycles. The number of ether oxygens (including phenoxy) is 1. The predicted octanol–water partition coefficient (Wildman–Crippen LogP) is 0.709. The summed E-state index contributed by atoms with van der Waals surface area (Å²) in [5.41, 5.74) is -0.627. The van der Waals surface area contributed by atoms with E-state index in [0.29, 0.717) is 13.1 Å². The topological polar surface area (TPSA) is 83.0 Å². The maximum atomic E-state index is 12.7. The van der Waals surface area contributed by atoms with Crippen molar-refractivity contribution < 1.29 is 14.3 Å². The molecule has 21 heavy (non-hydrogen) atoms. The van der Waals surface area contributed by atoms with E-state index in [-0.39, 0.29) is 17.8 Å². The SMILES string of the molecule is CC(C)(C)N(C(=O)OC1=NCCN1)C(=O)C1CCNCC1. The fraction of sp³-hybridized carbons (Fsp3) is 0.786. The molecule has 0 saturated carbocycles. The first-order chi connectivity index (χ1) is 9.89. The van der Waals surface area contributed by atoms with Crippen LogP contribution < -0.4 is 10.6 Å². The molecule has 0 aliphatic carbocycles. The van der Waals surface area contributed by atoms with Gasteiger partial charge in [0.15, 0.2) is 0 Å². The van der Waals surface area contributed by atoms with E-state index in [4.69, 9.17) is 4.74 Å². The molecule has 2 amide bonds. The fourth-order valence-corrected chi connectivity index (χ4v) is 2.52. The number of piperidine rings is 1. The van der Waals surface area contributed by atoms with E-state index < -0.39 is 11.6 Å². The van der Waals surface area contributed by atoms with Crippen molar-refractivity contribution in [3.05, 3.63) is 0 Å². The van der Waals surface area contributed by atoms with Gasteiger partial charge in [-0.25, -0.2) is 14.7 Å². The molecule has 2 aliphatic rings. The lowest BCUT2D eigenvalue weighted by Gasteiger charge is -2.36. The third kappa shape index (κ3) is 3.93. The summed E-state index contributed by atoms with van der Waals surface area (Å²) in [4.78, 5) is 30.3. The minimum absolute atomic E-state index is 0.128. The highest BCUT2D eigenvalue weighted by Crippen LogP contribution is 2.23. The van der Waals surface area contributed by atoms with E-state index >= 15 is 0 Å². The van der Waals surface area contributed by atoms with E-state index in [9.17, 15) is 9.59 Å². The van der Waals surface area contributed by atoms with Gasteiger partial charge in [-0.3, -0.25) is 4.79 Å². The average Bonchev–Trinajstić information content (AvgIpc) is 2.91. The summed E-state index contributed by atoms with van der Waals surface area (Å²) >= 11 is 0. The minimum Gasteiger partial charge on any atom is -0.376 e. The van der Waals surface area contributed by atoms with Crippen molar-refractivity contribution in [1.29, 1.82) is 0 Å². The third-order valence-corrected chi connectivity index (χ3v) is 3.59. The Kier molecular flexibility index (Phi) is 4.82.